The van der Waals surface area contributed by atoms with Crippen LogP contribution in [0.25, 0.3) is 0 Å². The van der Waals surface area contributed by atoms with Crippen molar-refractivity contribution in [2.75, 3.05) is 6.54 Å². The number of nitrogens with zero attached hydrogens (tertiary/aromatic N) is 2. The first kappa shape index (κ1) is 18.1. The van der Waals surface area contributed by atoms with Crippen LogP contribution in [-0.4, -0.2) is 24.3 Å². The Balaban J connectivity index is 1.87. The van der Waals surface area contributed by atoms with Crippen molar-refractivity contribution < 1.29 is 8.42 Å². The largest absolute Gasteiger partial charge is 0.264 e. The zero-order chi connectivity index (χ0) is 17.7. The smallest absolute Gasteiger partial charge is 0.243 e. The van der Waals surface area contributed by atoms with Crippen LogP contribution in [0.5, 0.6) is 0 Å². The van der Waals surface area contributed by atoms with E-state index in [1.54, 1.807) is 48.0 Å². The fraction of sp³-hybridized carbons (Fsp3) is 0.167. The molecule has 130 valence electrons. The minimum atomic E-state index is -3.62. The van der Waals surface area contributed by atoms with Crippen molar-refractivity contribution in [1.82, 2.24) is 9.29 Å². The highest BCUT2D eigenvalue weighted by molar-refractivity contribution is 7.89. The Bertz CT molecular complexity index is 896. The van der Waals surface area contributed by atoms with E-state index in [4.69, 9.17) is 11.6 Å². The highest BCUT2D eigenvalue weighted by atomic mass is 35.5. The lowest BCUT2D eigenvalue weighted by molar-refractivity contribution is 0.410. The number of hydrogen-bond donors (Lipinski definition) is 0. The number of thiophene rings is 1. The van der Waals surface area contributed by atoms with Crippen molar-refractivity contribution in [3.8, 4) is 0 Å². The van der Waals surface area contributed by atoms with E-state index in [0.29, 0.717) is 18.0 Å². The molecule has 0 saturated carbocycles. The molecule has 0 aliphatic carbocycles. The minimum Gasteiger partial charge on any atom is -0.264 e. The summed E-state index contributed by atoms with van der Waals surface area (Å²) in [6.45, 7) is 0.685. The van der Waals surface area contributed by atoms with Gasteiger partial charge in [0, 0.05) is 35.4 Å². The summed E-state index contributed by atoms with van der Waals surface area (Å²) in [5, 5.41) is 2.51. The molecule has 1 aromatic carbocycles. The van der Waals surface area contributed by atoms with E-state index in [0.717, 1.165) is 10.4 Å². The van der Waals surface area contributed by atoms with Gasteiger partial charge in [-0.05, 0) is 53.8 Å². The van der Waals surface area contributed by atoms with Crippen molar-refractivity contribution in [2.24, 2.45) is 0 Å². The van der Waals surface area contributed by atoms with E-state index in [-0.39, 0.29) is 11.4 Å². The maximum atomic E-state index is 13.1. The molecule has 0 unspecified atom stereocenters. The van der Waals surface area contributed by atoms with Crippen molar-refractivity contribution in [1.29, 1.82) is 0 Å². The molecule has 0 bridgehead atoms. The summed E-state index contributed by atoms with van der Waals surface area (Å²) in [6, 6.07) is 13.9. The molecular formula is C18H17ClN2O2S2. The molecule has 2 aromatic heterocycles. The summed E-state index contributed by atoms with van der Waals surface area (Å²) < 4.78 is 27.6. The molecule has 0 N–H and O–H groups in total. The van der Waals surface area contributed by atoms with Crippen LogP contribution in [0, 0.1) is 0 Å². The molecule has 25 heavy (non-hydrogen) atoms. The lowest BCUT2D eigenvalue weighted by Crippen LogP contribution is -2.32. The van der Waals surface area contributed by atoms with Gasteiger partial charge in [-0.15, -0.1) is 11.3 Å². The maximum absolute atomic E-state index is 13.1. The summed E-state index contributed by atoms with van der Waals surface area (Å²) in [6.07, 6.45) is 4.04. The van der Waals surface area contributed by atoms with Gasteiger partial charge < -0.3 is 0 Å². The van der Waals surface area contributed by atoms with E-state index >= 15 is 0 Å². The van der Waals surface area contributed by atoms with Crippen molar-refractivity contribution >= 4 is 33.0 Å². The van der Waals surface area contributed by atoms with Gasteiger partial charge in [-0.25, -0.2) is 8.42 Å². The first-order chi connectivity index (χ1) is 12.1. The van der Waals surface area contributed by atoms with E-state index in [1.165, 1.54) is 4.31 Å². The Morgan fingerprint density at radius 3 is 2.52 bits per heavy atom. The summed E-state index contributed by atoms with van der Waals surface area (Å²) >= 11 is 7.51. The summed E-state index contributed by atoms with van der Waals surface area (Å²) in [4.78, 5) is 5.47. The molecule has 0 radical (unpaired) electrons. The summed E-state index contributed by atoms with van der Waals surface area (Å²) in [5.41, 5.74) is 0.853. The monoisotopic (exact) mass is 392 g/mol. The SMILES string of the molecule is O=S(=O)(c1ccc(Cl)cc1)N(CCc1cccs1)Cc1cccnc1. The van der Waals surface area contributed by atoms with Gasteiger partial charge in [0.25, 0.3) is 0 Å². The summed E-state index contributed by atoms with van der Waals surface area (Å²) in [5.74, 6) is 0. The van der Waals surface area contributed by atoms with Crippen LogP contribution in [0.2, 0.25) is 5.02 Å². The molecule has 0 amide bonds. The normalized spacial score (nSPS) is 11.8. The molecule has 2 heterocycles. The van der Waals surface area contributed by atoms with E-state index < -0.39 is 10.0 Å². The molecule has 3 rings (SSSR count). The van der Waals surface area contributed by atoms with E-state index in [9.17, 15) is 8.42 Å². The Morgan fingerprint density at radius 2 is 1.88 bits per heavy atom. The number of pyridine rings is 1. The van der Waals surface area contributed by atoms with Crippen LogP contribution >= 0.6 is 22.9 Å². The summed E-state index contributed by atoms with van der Waals surface area (Å²) in [7, 11) is -3.62. The second-order valence-electron chi connectivity index (χ2n) is 5.48. The van der Waals surface area contributed by atoms with Gasteiger partial charge in [0.1, 0.15) is 0 Å². The Morgan fingerprint density at radius 1 is 1.08 bits per heavy atom. The lowest BCUT2D eigenvalue weighted by Gasteiger charge is -2.22. The van der Waals surface area contributed by atoms with Crippen LogP contribution in [-0.2, 0) is 23.0 Å². The van der Waals surface area contributed by atoms with Crippen molar-refractivity contribution in [2.45, 2.75) is 17.9 Å². The zero-order valence-electron chi connectivity index (χ0n) is 13.4. The third-order valence-electron chi connectivity index (χ3n) is 3.72. The molecule has 0 aliphatic heterocycles. The lowest BCUT2D eigenvalue weighted by atomic mass is 10.3. The fourth-order valence-corrected chi connectivity index (χ4v) is 4.68. The van der Waals surface area contributed by atoms with Gasteiger partial charge >= 0.3 is 0 Å². The van der Waals surface area contributed by atoms with Gasteiger partial charge in [-0.3, -0.25) is 4.98 Å². The first-order valence-corrected chi connectivity index (χ1v) is 10.4. The first-order valence-electron chi connectivity index (χ1n) is 7.73. The molecule has 0 saturated heterocycles. The van der Waals surface area contributed by atoms with Gasteiger partial charge in [0.05, 0.1) is 4.90 Å². The average Bonchev–Trinajstić information content (AvgIpc) is 3.13. The second kappa shape index (κ2) is 8.10. The number of benzene rings is 1. The Hall–Kier alpha value is -1.73. The Kier molecular flexibility index (Phi) is 5.86. The second-order valence-corrected chi connectivity index (χ2v) is 8.89. The van der Waals surface area contributed by atoms with E-state index in [1.807, 2.05) is 29.6 Å². The van der Waals surface area contributed by atoms with Gasteiger partial charge in [-0.2, -0.15) is 4.31 Å². The standard InChI is InChI=1S/C18H17ClN2O2S2/c19-16-5-7-18(8-6-16)25(22,23)21(11-9-17-4-2-12-24-17)14-15-3-1-10-20-13-15/h1-8,10,12-13H,9,11,14H2. The molecule has 0 aliphatic rings. The fourth-order valence-electron chi connectivity index (χ4n) is 2.42. The molecule has 4 nitrogen and oxygen atoms in total. The average molecular weight is 393 g/mol. The predicted octanol–water partition coefficient (Wildman–Crippen LogP) is 4.23. The third kappa shape index (κ3) is 4.67. The third-order valence-corrected chi connectivity index (χ3v) is 6.77. The minimum absolute atomic E-state index is 0.243. The highest BCUT2D eigenvalue weighted by Gasteiger charge is 2.24. The molecule has 7 heteroatoms. The number of halogens is 1. The number of hydrogen-bond acceptors (Lipinski definition) is 4. The van der Waals surface area contributed by atoms with E-state index in [2.05, 4.69) is 4.98 Å². The van der Waals surface area contributed by atoms with Gasteiger partial charge in [0.2, 0.25) is 10.0 Å². The molecule has 0 spiro atoms. The van der Waals surface area contributed by atoms with Crippen LogP contribution in [0.1, 0.15) is 10.4 Å². The van der Waals surface area contributed by atoms with Crippen LogP contribution < -0.4 is 0 Å². The van der Waals surface area contributed by atoms with Gasteiger partial charge in [-0.1, -0.05) is 23.7 Å². The topological polar surface area (TPSA) is 50.3 Å². The maximum Gasteiger partial charge on any atom is 0.243 e. The van der Waals surface area contributed by atoms with Crippen molar-refractivity contribution in [3.63, 3.8) is 0 Å². The van der Waals surface area contributed by atoms with Crippen LogP contribution in [0.4, 0.5) is 0 Å². The quantitative estimate of drug-likeness (QED) is 0.604. The number of rotatable bonds is 7. The zero-order valence-corrected chi connectivity index (χ0v) is 15.8. The van der Waals surface area contributed by atoms with Crippen molar-refractivity contribution in [3.05, 3.63) is 81.8 Å². The Labute approximate surface area is 156 Å². The van der Waals surface area contributed by atoms with Gasteiger partial charge in [0.15, 0.2) is 0 Å². The molecular weight excluding hydrogens is 376 g/mol. The number of sulfonamides is 1. The molecule has 0 atom stereocenters. The van der Waals surface area contributed by atoms with Crippen LogP contribution in [0.3, 0.4) is 0 Å². The highest BCUT2D eigenvalue weighted by Crippen LogP contribution is 2.21. The molecule has 0 fully saturated rings. The molecule has 3 aromatic rings. The predicted molar refractivity (Wildman–Crippen MR) is 101 cm³/mol. The van der Waals surface area contributed by atoms with Crippen LogP contribution in [0.15, 0.2) is 71.2 Å². The number of aromatic nitrogens is 1.